The third-order valence-corrected chi connectivity index (χ3v) is 5.43. The smallest absolute Gasteiger partial charge is 0.231 e. The van der Waals surface area contributed by atoms with Crippen molar-refractivity contribution in [3.63, 3.8) is 0 Å². The summed E-state index contributed by atoms with van der Waals surface area (Å²) in [4.78, 5) is 18.9. The molecule has 2 heterocycles. The fourth-order valence-electron chi connectivity index (χ4n) is 3.64. The third kappa shape index (κ3) is 2.68. The Labute approximate surface area is 140 Å². The van der Waals surface area contributed by atoms with Crippen LogP contribution in [0, 0.1) is 11.3 Å². The van der Waals surface area contributed by atoms with Crippen molar-refractivity contribution in [1.29, 1.82) is 0 Å². The van der Waals surface area contributed by atoms with Crippen molar-refractivity contribution in [2.24, 2.45) is 11.3 Å². The Morgan fingerprint density at radius 3 is 2.75 bits per heavy atom. The Morgan fingerprint density at radius 2 is 2.00 bits per heavy atom. The van der Waals surface area contributed by atoms with E-state index in [0.717, 1.165) is 29.4 Å². The van der Waals surface area contributed by atoms with Gasteiger partial charge >= 0.3 is 0 Å². The molecular weight excluding hydrogens is 304 g/mol. The molecule has 1 aliphatic heterocycles. The fraction of sp³-hybridized carbons (Fsp3) is 0.474. The number of β-amino-alcohol motifs (C(OH)–C–C–N with tert-alkyl or cyclic N) is 1. The summed E-state index contributed by atoms with van der Waals surface area (Å²) in [6.07, 6.45) is 1.64. The van der Waals surface area contributed by atoms with Crippen LogP contribution in [0.25, 0.3) is 10.9 Å². The van der Waals surface area contributed by atoms with Crippen LogP contribution in [0.15, 0.2) is 36.4 Å². The van der Waals surface area contributed by atoms with Crippen molar-refractivity contribution < 1.29 is 15.0 Å². The Hall–Kier alpha value is -1.98. The molecule has 2 N–H and O–H groups in total. The highest BCUT2D eigenvalue weighted by atomic mass is 16.3. The summed E-state index contributed by atoms with van der Waals surface area (Å²) in [6.45, 7) is 0.810. The van der Waals surface area contributed by atoms with Crippen LogP contribution in [0.1, 0.15) is 18.5 Å². The summed E-state index contributed by atoms with van der Waals surface area (Å²) in [6, 6.07) is 12.0. The standard InChI is InChI=1S/C19H22N2O3/c22-12-19(7-8-19)18(24)21-10-14(17(23)11-21)9-15-6-5-13-3-1-2-4-16(13)20-15/h1-6,14,17,22-23H,7-12H2. The van der Waals surface area contributed by atoms with Crippen LogP contribution in [0.3, 0.4) is 0 Å². The molecule has 0 spiro atoms. The number of hydrogen-bond acceptors (Lipinski definition) is 4. The SMILES string of the molecule is O=C(N1CC(O)C(Cc2ccc3ccccc3n2)C1)C1(CO)CC1. The van der Waals surface area contributed by atoms with Crippen molar-refractivity contribution in [3.8, 4) is 0 Å². The van der Waals surface area contributed by atoms with E-state index in [-0.39, 0.29) is 18.4 Å². The van der Waals surface area contributed by atoms with Crippen LogP contribution in [0.4, 0.5) is 0 Å². The van der Waals surface area contributed by atoms with Gasteiger partial charge in [0.2, 0.25) is 5.91 Å². The van der Waals surface area contributed by atoms with Gasteiger partial charge < -0.3 is 15.1 Å². The van der Waals surface area contributed by atoms with Crippen LogP contribution in [-0.2, 0) is 11.2 Å². The number of nitrogens with zero attached hydrogens (tertiary/aromatic N) is 2. The molecule has 1 aromatic carbocycles. The topological polar surface area (TPSA) is 73.7 Å². The Balaban J connectivity index is 1.47. The molecular formula is C19H22N2O3. The molecule has 5 heteroatoms. The molecule has 1 aliphatic carbocycles. The van der Waals surface area contributed by atoms with Gasteiger partial charge in [0.05, 0.1) is 23.6 Å². The zero-order valence-electron chi connectivity index (χ0n) is 13.6. The first-order valence-electron chi connectivity index (χ1n) is 8.54. The largest absolute Gasteiger partial charge is 0.395 e. The van der Waals surface area contributed by atoms with Crippen molar-refractivity contribution in [2.45, 2.75) is 25.4 Å². The van der Waals surface area contributed by atoms with Crippen molar-refractivity contribution >= 4 is 16.8 Å². The average molecular weight is 326 g/mol. The number of benzene rings is 1. The number of aliphatic hydroxyl groups is 2. The predicted octanol–water partition coefficient (Wildman–Crippen LogP) is 1.37. The molecule has 5 nitrogen and oxygen atoms in total. The van der Waals surface area contributed by atoms with Gasteiger partial charge in [-0.25, -0.2) is 0 Å². The molecule has 1 aromatic heterocycles. The van der Waals surface area contributed by atoms with Crippen LogP contribution >= 0.6 is 0 Å². The van der Waals surface area contributed by atoms with Gasteiger partial charge in [-0.2, -0.15) is 0 Å². The maximum atomic E-state index is 12.5. The number of likely N-dealkylation sites (tertiary alicyclic amines) is 1. The highest BCUT2D eigenvalue weighted by Gasteiger charge is 2.52. The van der Waals surface area contributed by atoms with Gasteiger partial charge in [-0.05, 0) is 31.4 Å². The van der Waals surface area contributed by atoms with E-state index < -0.39 is 11.5 Å². The molecule has 1 saturated heterocycles. The van der Waals surface area contributed by atoms with Gasteiger partial charge in [0.25, 0.3) is 0 Å². The molecule has 2 aromatic rings. The first-order chi connectivity index (χ1) is 11.6. The lowest BCUT2D eigenvalue weighted by molar-refractivity contribution is -0.137. The third-order valence-electron chi connectivity index (χ3n) is 5.43. The lowest BCUT2D eigenvalue weighted by atomic mass is 9.99. The zero-order valence-corrected chi connectivity index (χ0v) is 13.6. The number of para-hydroxylation sites is 1. The van der Waals surface area contributed by atoms with Crippen molar-refractivity contribution in [2.75, 3.05) is 19.7 Å². The van der Waals surface area contributed by atoms with Crippen LogP contribution < -0.4 is 0 Å². The number of rotatable bonds is 4. The summed E-state index contributed by atoms with van der Waals surface area (Å²) in [5, 5.41) is 20.9. The van der Waals surface area contributed by atoms with Gasteiger partial charge in [0.15, 0.2) is 0 Å². The molecule has 2 unspecified atom stereocenters. The average Bonchev–Trinajstić information content (AvgIpc) is 3.33. The van der Waals surface area contributed by atoms with E-state index in [1.165, 1.54) is 0 Å². The molecule has 0 bridgehead atoms. The van der Waals surface area contributed by atoms with E-state index in [4.69, 9.17) is 0 Å². The molecule has 1 saturated carbocycles. The quantitative estimate of drug-likeness (QED) is 0.890. The maximum Gasteiger partial charge on any atom is 0.231 e. The lowest BCUT2D eigenvalue weighted by Crippen LogP contribution is -2.37. The molecule has 4 rings (SSSR count). The first kappa shape index (κ1) is 15.5. The highest BCUT2D eigenvalue weighted by Crippen LogP contribution is 2.47. The van der Waals surface area contributed by atoms with Gasteiger partial charge in [-0.3, -0.25) is 9.78 Å². The molecule has 24 heavy (non-hydrogen) atoms. The Kier molecular flexibility index (Phi) is 3.77. The van der Waals surface area contributed by atoms with E-state index in [9.17, 15) is 15.0 Å². The molecule has 2 aliphatic rings. The number of amides is 1. The number of hydrogen-bond donors (Lipinski definition) is 2. The second-order valence-corrected chi connectivity index (χ2v) is 7.18. The van der Waals surface area contributed by atoms with E-state index >= 15 is 0 Å². The number of pyridine rings is 1. The summed E-state index contributed by atoms with van der Waals surface area (Å²) in [5.74, 6) is -0.00451. The molecule has 1 amide bonds. The predicted molar refractivity (Wildman–Crippen MR) is 90.3 cm³/mol. The Bertz CT molecular complexity index is 772. The minimum atomic E-state index is -0.560. The zero-order chi connectivity index (χ0) is 16.7. The van der Waals surface area contributed by atoms with Gasteiger partial charge in [-0.1, -0.05) is 24.3 Å². The van der Waals surface area contributed by atoms with Crippen LogP contribution in [-0.4, -0.2) is 51.8 Å². The molecule has 0 radical (unpaired) electrons. The minimum absolute atomic E-state index is 0.00183. The second kappa shape index (κ2) is 5.83. The van der Waals surface area contributed by atoms with Crippen molar-refractivity contribution in [3.05, 3.63) is 42.1 Å². The Morgan fingerprint density at radius 1 is 1.21 bits per heavy atom. The summed E-state index contributed by atoms with van der Waals surface area (Å²) < 4.78 is 0. The monoisotopic (exact) mass is 326 g/mol. The molecule has 126 valence electrons. The van der Waals surface area contributed by atoms with Gasteiger partial charge in [-0.15, -0.1) is 0 Å². The normalized spacial score (nSPS) is 25.2. The minimum Gasteiger partial charge on any atom is -0.395 e. The van der Waals surface area contributed by atoms with Gasteiger partial charge in [0.1, 0.15) is 0 Å². The van der Waals surface area contributed by atoms with E-state index in [0.29, 0.717) is 19.5 Å². The number of fused-ring (bicyclic) bond motifs is 1. The van der Waals surface area contributed by atoms with E-state index in [1.54, 1.807) is 4.90 Å². The second-order valence-electron chi connectivity index (χ2n) is 7.18. The number of aliphatic hydroxyl groups excluding tert-OH is 2. The number of carbonyl (C=O) groups is 1. The lowest BCUT2D eigenvalue weighted by Gasteiger charge is -2.21. The summed E-state index contributed by atoms with van der Waals surface area (Å²) >= 11 is 0. The summed E-state index contributed by atoms with van der Waals surface area (Å²) in [5.41, 5.74) is 1.33. The van der Waals surface area contributed by atoms with Crippen LogP contribution in [0.2, 0.25) is 0 Å². The van der Waals surface area contributed by atoms with Crippen LogP contribution in [0.5, 0.6) is 0 Å². The maximum absolute atomic E-state index is 12.5. The van der Waals surface area contributed by atoms with Crippen molar-refractivity contribution in [1.82, 2.24) is 9.88 Å². The highest BCUT2D eigenvalue weighted by molar-refractivity contribution is 5.85. The van der Waals surface area contributed by atoms with E-state index in [2.05, 4.69) is 4.98 Å². The number of carbonyl (C=O) groups excluding carboxylic acids is 1. The molecule has 2 atom stereocenters. The molecule has 2 fully saturated rings. The van der Waals surface area contributed by atoms with E-state index in [1.807, 2.05) is 36.4 Å². The number of aromatic nitrogens is 1. The first-order valence-corrected chi connectivity index (χ1v) is 8.54. The summed E-state index contributed by atoms with van der Waals surface area (Å²) in [7, 11) is 0. The fourth-order valence-corrected chi connectivity index (χ4v) is 3.64. The van der Waals surface area contributed by atoms with Gasteiger partial charge in [0, 0.05) is 30.1 Å².